The molecule has 1 fully saturated rings. The molecule has 0 N–H and O–H groups in total. The summed E-state index contributed by atoms with van der Waals surface area (Å²) >= 11 is 0. The maximum Gasteiger partial charge on any atom is 0.295 e. The van der Waals surface area contributed by atoms with Crippen molar-refractivity contribution in [2.75, 3.05) is 24.5 Å². The normalized spacial score (nSPS) is 14.6. The summed E-state index contributed by atoms with van der Waals surface area (Å²) in [6.07, 6.45) is 0. The minimum absolute atomic E-state index is 0.0776. The minimum atomic E-state index is -0.626. The molecule has 2 aromatic carbocycles. The zero-order chi connectivity index (χ0) is 17.1. The van der Waals surface area contributed by atoms with Gasteiger partial charge in [0.1, 0.15) is 6.54 Å². The van der Waals surface area contributed by atoms with E-state index in [-0.39, 0.29) is 12.5 Å². The number of piperazine rings is 1. The predicted octanol–water partition coefficient (Wildman–Crippen LogP) is 2.05. The molecule has 3 rings (SSSR count). The van der Waals surface area contributed by atoms with E-state index in [9.17, 15) is 14.4 Å². The number of aryl methyl sites for hydroxylation is 1. The van der Waals surface area contributed by atoms with E-state index in [1.807, 2.05) is 31.2 Å². The molecular formula is C19H18N2O3. The van der Waals surface area contributed by atoms with E-state index in [2.05, 4.69) is 0 Å². The minimum Gasteiger partial charge on any atom is -0.325 e. The Bertz CT molecular complexity index is 786. The second kappa shape index (κ2) is 6.66. The molecule has 0 spiro atoms. The highest BCUT2D eigenvalue weighted by atomic mass is 16.2. The lowest BCUT2D eigenvalue weighted by Crippen LogP contribution is -2.54. The highest BCUT2D eigenvalue weighted by Crippen LogP contribution is 2.21. The molecule has 24 heavy (non-hydrogen) atoms. The van der Waals surface area contributed by atoms with E-state index in [0.717, 1.165) is 11.3 Å². The zero-order valence-electron chi connectivity index (χ0n) is 13.4. The van der Waals surface area contributed by atoms with E-state index in [4.69, 9.17) is 0 Å². The van der Waals surface area contributed by atoms with Crippen LogP contribution in [0.3, 0.4) is 0 Å². The van der Waals surface area contributed by atoms with Crippen LogP contribution in [-0.2, 0) is 9.59 Å². The monoisotopic (exact) mass is 322 g/mol. The number of nitrogens with zero attached hydrogens (tertiary/aromatic N) is 2. The predicted molar refractivity (Wildman–Crippen MR) is 90.9 cm³/mol. The number of hydrogen-bond acceptors (Lipinski definition) is 3. The molecule has 5 nitrogen and oxygen atoms in total. The summed E-state index contributed by atoms with van der Waals surface area (Å²) in [6.45, 7) is 2.60. The van der Waals surface area contributed by atoms with Gasteiger partial charge in [-0.2, -0.15) is 0 Å². The van der Waals surface area contributed by atoms with Crippen LogP contribution in [0, 0.1) is 6.92 Å². The Morgan fingerprint density at radius 1 is 0.917 bits per heavy atom. The Morgan fingerprint density at radius 2 is 1.58 bits per heavy atom. The van der Waals surface area contributed by atoms with Crippen LogP contribution < -0.4 is 4.90 Å². The lowest BCUT2D eigenvalue weighted by atomic mass is 10.1. The molecule has 5 heteroatoms. The third kappa shape index (κ3) is 3.06. The van der Waals surface area contributed by atoms with Gasteiger partial charge in [-0.15, -0.1) is 0 Å². The molecule has 0 aliphatic carbocycles. The number of benzene rings is 2. The first kappa shape index (κ1) is 15.9. The van der Waals surface area contributed by atoms with Crippen molar-refractivity contribution in [2.45, 2.75) is 6.92 Å². The molecule has 1 saturated heterocycles. The van der Waals surface area contributed by atoms with Gasteiger partial charge >= 0.3 is 0 Å². The molecule has 0 unspecified atom stereocenters. The highest BCUT2D eigenvalue weighted by molar-refractivity contribution is 6.43. The molecule has 0 aromatic heterocycles. The third-order valence-electron chi connectivity index (χ3n) is 4.14. The largest absolute Gasteiger partial charge is 0.325 e. The average Bonchev–Trinajstić information content (AvgIpc) is 2.62. The van der Waals surface area contributed by atoms with Gasteiger partial charge in [-0.05, 0) is 18.6 Å². The van der Waals surface area contributed by atoms with Gasteiger partial charge in [0, 0.05) is 24.3 Å². The highest BCUT2D eigenvalue weighted by Gasteiger charge is 2.31. The van der Waals surface area contributed by atoms with Gasteiger partial charge in [0.15, 0.2) is 0 Å². The van der Waals surface area contributed by atoms with Gasteiger partial charge < -0.3 is 9.80 Å². The molecule has 0 saturated carbocycles. The van der Waals surface area contributed by atoms with Crippen molar-refractivity contribution in [3.8, 4) is 0 Å². The lowest BCUT2D eigenvalue weighted by molar-refractivity contribution is -0.133. The number of amides is 2. The molecule has 1 aliphatic rings. The Morgan fingerprint density at radius 3 is 2.25 bits per heavy atom. The summed E-state index contributed by atoms with van der Waals surface area (Å²) in [5.74, 6) is -1.38. The number of Topliss-reactive ketones (excluding diaryl/α,β-unsaturated/α-hetero) is 1. The molecule has 0 bridgehead atoms. The van der Waals surface area contributed by atoms with Crippen LogP contribution in [0.4, 0.5) is 5.69 Å². The quantitative estimate of drug-likeness (QED) is 0.642. The number of para-hydroxylation sites is 1. The number of rotatable bonds is 3. The van der Waals surface area contributed by atoms with Crippen molar-refractivity contribution in [2.24, 2.45) is 0 Å². The second-order valence-electron chi connectivity index (χ2n) is 5.75. The summed E-state index contributed by atoms with van der Waals surface area (Å²) in [5.41, 5.74) is 2.20. The standard InChI is InChI=1S/C19H18N2O3/c1-14-7-5-6-10-16(14)21-12-11-20(13-17(21)22)19(24)18(23)15-8-3-2-4-9-15/h2-10H,11-13H2,1H3. The first-order chi connectivity index (χ1) is 11.6. The number of carbonyl (C=O) groups is 3. The summed E-state index contributed by atoms with van der Waals surface area (Å²) < 4.78 is 0. The van der Waals surface area contributed by atoms with E-state index in [1.165, 1.54) is 4.90 Å². The molecule has 1 heterocycles. The van der Waals surface area contributed by atoms with Crippen molar-refractivity contribution in [1.82, 2.24) is 4.90 Å². The Labute approximate surface area is 140 Å². The fourth-order valence-corrected chi connectivity index (χ4v) is 2.82. The number of hydrogen-bond donors (Lipinski definition) is 0. The maximum atomic E-state index is 12.4. The molecule has 0 atom stereocenters. The van der Waals surface area contributed by atoms with Crippen LogP contribution in [-0.4, -0.2) is 42.1 Å². The Hall–Kier alpha value is -2.95. The van der Waals surface area contributed by atoms with Gasteiger partial charge in [-0.3, -0.25) is 14.4 Å². The molecule has 2 amide bonds. The topological polar surface area (TPSA) is 57.7 Å². The second-order valence-corrected chi connectivity index (χ2v) is 5.75. The molecule has 122 valence electrons. The molecule has 2 aromatic rings. The molecular weight excluding hydrogens is 304 g/mol. The van der Waals surface area contributed by atoms with Crippen LogP contribution in [0.25, 0.3) is 0 Å². The zero-order valence-corrected chi connectivity index (χ0v) is 13.4. The fourth-order valence-electron chi connectivity index (χ4n) is 2.82. The van der Waals surface area contributed by atoms with E-state index < -0.39 is 11.7 Å². The summed E-state index contributed by atoms with van der Waals surface area (Å²) in [4.78, 5) is 40.0. The summed E-state index contributed by atoms with van der Waals surface area (Å²) in [7, 11) is 0. The number of ketones is 1. The van der Waals surface area contributed by atoms with Gasteiger partial charge in [0.05, 0.1) is 0 Å². The smallest absolute Gasteiger partial charge is 0.295 e. The van der Waals surface area contributed by atoms with Crippen LogP contribution in [0.2, 0.25) is 0 Å². The van der Waals surface area contributed by atoms with Gasteiger partial charge in [-0.1, -0.05) is 48.5 Å². The maximum absolute atomic E-state index is 12.4. The van der Waals surface area contributed by atoms with Crippen molar-refractivity contribution in [1.29, 1.82) is 0 Å². The SMILES string of the molecule is Cc1ccccc1N1CCN(C(=O)C(=O)c2ccccc2)CC1=O. The number of carbonyl (C=O) groups excluding carboxylic acids is 3. The van der Waals surface area contributed by atoms with Crippen molar-refractivity contribution in [3.63, 3.8) is 0 Å². The Kier molecular flexibility index (Phi) is 4.42. The Balaban J connectivity index is 1.72. The van der Waals surface area contributed by atoms with Crippen molar-refractivity contribution < 1.29 is 14.4 Å². The van der Waals surface area contributed by atoms with Crippen molar-refractivity contribution >= 4 is 23.3 Å². The van der Waals surface area contributed by atoms with Gasteiger partial charge in [0.2, 0.25) is 11.7 Å². The van der Waals surface area contributed by atoms with Crippen LogP contribution in [0.15, 0.2) is 54.6 Å². The van der Waals surface area contributed by atoms with Gasteiger partial charge in [-0.25, -0.2) is 0 Å². The third-order valence-corrected chi connectivity index (χ3v) is 4.14. The lowest BCUT2D eigenvalue weighted by Gasteiger charge is -2.34. The van der Waals surface area contributed by atoms with E-state index in [0.29, 0.717) is 18.7 Å². The van der Waals surface area contributed by atoms with Gasteiger partial charge in [0.25, 0.3) is 5.91 Å². The van der Waals surface area contributed by atoms with E-state index in [1.54, 1.807) is 35.2 Å². The fraction of sp³-hybridized carbons (Fsp3) is 0.211. The first-order valence-corrected chi connectivity index (χ1v) is 7.82. The molecule has 0 radical (unpaired) electrons. The van der Waals surface area contributed by atoms with Crippen molar-refractivity contribution in [3.05, 3.63) is 65.7 Å². The van der Waals surface area contributed by atoms with Crippen LogP contribution >= 0.6 is 0 Å². The average molecular weight is 322 g/mol. The molecule has 1 aliphatic heterocycles. The van der Waals surface area contributed by atoms with Crippen LogP contribution in [0.1, 0.15) is 15.9 Å². The summed E-state index contributed by atoms with van der Waals surface area (Å²) in [6, 6.07) is 16.0. The number of anilines is 1. The first-order valence-electron chi connectivity index (χ1n) is 7.82. The summed E-state index contributed by atoms with van der Waals surface area (Å²) in [5, 5.41) is 0. The van der Waals surface area contributed by atoms with Crippen LogP contribution in [0.5, 0.6) is 0 Å². The van der Waals surface area contributed by atoms with E-state index >= 15 is 0 Å².